The lowest BCUT2D eigenvalue weighted by atomic mass is 9.85. The van der Waals surface area contributed by atoms with Crippen LogP contribution < -0.4 is 5.32 Å². The largest absolute Gasteiger partial charge is 0.480 e. The van der Waals surface area contributed by atoms with Crippen LogP contribution in [0.4, 0.5) is 0 Å². The van der Waals surface area contributed by atoms with E-state index in [1.165, 1.54) is 0 Å². The Morgan fingerprint density at radius 2 is 2.33 bits per heavy atom. The van der Waals surface area contributed by atoms with Crippen LogP contribution in [-0.4, -0.2) is 28.4 Å². The minimum absolute atomic E-state index is 0.264. The molecule has 0 saturated heterocycles. The number of carbonyl (C=O) groups is 1. The Morgan fingerprint density at radius 3 is 3.00 bits per heavy atom. The van der Waals surface area contributed by atoms with Crippen LogP contribution in [0.2, 0.25) is 0 Å². The van der Waals surface area contributed by atoms with Crippen molar-refractivity contribution in [3.05, 3.63) is 24.2 Å². The smallest absolute Gasteiger partial charge is 0.324 e. The number of nitrogens with one attached hydrogen (secondary N) is 1. The number of furan rings is 1. The summed E-state index contributed by atoms with van der Waals surface area (Å²) in [7, 11) is 0. The van der Waals surface area contributed by atoms with Gasteiger partial charge in [0, 0.05) is 6.04 Å². The fourth-order valence-corrected chi connectivity index (χ4v) is 4.35. The predicted octanol–water partition coefficient (Wildman–Crippen LogP) is 3.28. The third kappa shape index (κ3) is 3.46. The van der Waals surface area contributed by atoms with E-state index in [2.05, 4.69) is 5.32 Å². The number of hydrogen-bond donors (Lipinski definition) is 2. The van der Waals surface area contributed by atoms with Crippen molar-refractivity contribution in [3.63, 3.8) is 0 Å². The average Bonchev–Trinajstić information content (AvgIpc) is 2.97. The lowest BCUT2D eigenvalue weighted by Crippen LogP contribution is -2.55. The molecule has 0 spiro atoms. The summed E-state index contributed by atoms with van der Waals surface area (Å²) in [5, 5.41) is 13.2. The Kier molecular flexibility index (Phi) is 4.60. The van der Waals surface area contributed by atoms with Gasteiger partial charge in [0.15, 0.2) is 0 Å². The van der Waals surface area contributed by atoms with Crippen LogP contribution in [0.15, 0.2) is 22.8 Å². The number of thioether (sulfide) groups is 1. The van der Waals surface area contributed by atoms with Crippen LogP contribution >= 0.6 is 11.8 Å². The Hall–Kier alpha value is -0.940. The third-order valence-electron chi connectivity index (χ3n) is 4.68. The molecule has 0 bridgehead atoms. The molecule has 4 nitrogen and oxygen atoms in total. The minimum atomic E-state index is -0.660. The van der Waals surface area contributed by atoms with Crippen molar-refractivity contribution >= 4 is 17.7 Å². The lowest BCUT2D eigenvalue weighted by molar-refractivity contribution is -0.146. The van der Waals surface area contributed by atoms with Crippen molar-refractivity contribution in [1.29, 1.82) is 0 Å². The summed E-state index contributed by atoms with van der Waals surface area (Å²) in [6, 6.07) is 4.33. The minimum Gasteiger partial charge on any atom is -0.480 e. The summed E-state index contributed by atoms with van der Waals surface area (Å²) in [5.74, 6) is 2.47. The first-order valence-electron chi connectivity index (χ1n) is 7.82. The number of carboxylic acids is 1. The molecule has 0 aliphatic heterocycles. The van der Waals surface area contributed by atoms with Gasteiger partial charge >= 0.3 is 5.97 Å². The highest BCUT2D eigenvalue weighted by atomic mass is 32.2. The molecule has 2 atom stereocenters. The Balaban J connectivity index is 1.51. The zero-order valence-corrected chi connectivity index (χ0v) is 13.0. The van der Waals surface area contributed by atoms with Gasteiger partial charge in [0.1, 0.15) is 11.3 Å². The summed E-state index contributed by atoms with van der Waals surface area (Å²) >= 11 is 1.83. The van der Waals surface area contributed by atoms with Crippen molar-refractivity contribution in [2.24, 2.45) is 5.92 Å². The van der Waals surface area contributed by atoms with Gasteiger partial charge in [-0.05, 0) is 55.9 Å². The predicted molar refractivity (Wildman–Crippen MR) is 83.4 cm³/mol. The molecule has 2 aliphatic carbocycles. The molecule has 5 heteroatoms. The summed E-state index contributed by atoms with van der Waals surface area (Å²) < 4.78 is 5.32. The van der Waals surface area contributed by atoms with E-state index in [0.29, 0.717) is 6.04 Å². The maximum absolute atomic E-state index is 11.8. The van der Waals surface area contributed by atoms with Crippen molar-refractivity contribution in [1.82, 2.24) is 5.32 Å². The van der Waals surface area contributed by atoms with E-state index in [9.17, 15) is 9.90 Å². The second kappa shape index (κ2) is 6.44. The van der Waals surface area contributed by atoms with Gasteiger partial charge in [0.25, 0.3) is 0 Å². The van der Waals surface area contributed by atoms with Crippen molar-refractivity contribution in [2.45, 2.75) is 55.9 Å². The van der Waals surface area contributed by atoms with E-state index in [1.54, 1.807) is 6.26 Å². The van der Waals surface area contributed by atoms with Gasteiger partial charge in [-0.2, -0.15) is 11.8 Å². The molecule has 1 aromatic rings. The summed E-state index contributed by atoms with van der Waals surface area (Å²) in [6.45, 7) is 0. The standard InChI is InChI=1S/C16H23NO3S/c18-15(19)16(17-13-5-6-13)8-1-3-12(16)7-10-21-11-14-4-2-9-20-14/h2,4,9,12-13,17H,1,3,5-8,10-11H2,(H,18,19). The van der Waals surface area contributed by atoms with E-state index in [1.807, 2.05) is 23.9 Å². The van der Waals surface area contributed by atoms with E-state index in [-0.39, 0.29) is 5.92 Å². The monoisotopic (exact) mass is 309 g/mol. The second-order valence-corrected chi connectivity index (χ2v) is 7.31. The molecule has 0 aromatic carbocycles. The van der Waals surface area contributed by atoms with Gasteiger partial charge in [-0.15, -0.1) is 0 Å². The highest BCUT2D eigenvalue weighted by Gasteiger charge is 2.50. The molecule has 1 heterocycles. The third-order valence-corrected chi connectivity index (χ3v) is 5.69. The van der Waals surface area contributed by atoms with Crippen molar-refractivity contribution < 1.29 is 14.3 Å². The van der Waals surface area contributed by atoms with E-state index in [0.717, 1.165) is 55.8 Å². The van der Waals surface area contributed by atoms with Crippen LogP contribution in [0, 0.1) is 5.92 Å². The molecule has 0 amide bonds. The van der Waals surface area contributed by atoms with Crippen LogP contribution in [-0.2, 0) is 10.5 Å². The van der Waals surface area contributed by atoms with Crippen LogP contribution in [0.25, 0.3) is 0 Å². The molecule has 2 aliphatic rings. The quantitative estimate of drug-likeness (QED) is 0.722. The topological polar surface area (TPSA) is 62.5 Å². The van der Waals surface area contributed by atoms with E-state index in [4.69, 9.17) is 4.42 Å². The maximum atomic E-state index is 11.8. The molecule has 116 valence electrons. The first-order chi connectivity index (χ1) is 10.2. The average molecular weight is 309 g/mol. The van der Waals surface area contributed by atoms with Gasteiger partial charge in [-0.3, -0.25) is 10.1 Å². The van der Waals surface area contributed by atoms with E-state index >= 15 is 0 Å². The van der Waals surface area contributed by atoms with Crippen LogP contribution in [0.3, 0.4) is 0 Å². The van der Waals surface area contributed by atoms with Gasteiger partial charge in [-0.25, -0.2) is 0 Å². The number of rotatable bonds is 8. The fraction of sp³-hybridized carbons (Fsp3) is 0.688. The van der Waals surface area contributed by atoms with Crippen LogP contribution in [0.5, 0.6) is 0 Å². The Morgan fingerprint density at radius 1 is 1.48 bits per heavy atom. The zero-order chi connectivity index (χ0) is 14.7. The highest BCUT2D eigenvalue weighted by Crippen LogP contribution is 2.41. The normalized spacial score (nSPS) is 28.9. The van der Waals surface area contributed by atoms with E-state index < -0.39 is 11.5 Å². The SMILES string of the molecule is O=C(O)C1(NC2CC2)CCCC1CCSCc1ccco1. The number of hydrogen-bond acceptors (Lipinski definition) is 4. The Bertz CT molecular complexity index is 472. The lowest BCUT2D eigenvalue weighted by Gasteiger charge is -2.32. The molecule has 3 rings (SSSR count). The molecular formula is C16H23NO3S. The van der Waals surface area contributed by atoms with Crippen molar-refractivity contribution in [2.75, 3.05) is 5.75 Å². The van der Waals surface area contributed by atoms with Gasteiger partial charge < -0.3 is 9.52 Å². The second-order valence-electron chi connectivity index (χ2n) is 6.20. The van der Waals surface area contributed by atoms with Gasteiger partial charge in [0.2, 0.25) is 0 Å². The molecular weight excluding hydrogens is 286 g/mol. The molecule has 2 unspecified atom stereocenters. The molecule has 2 saturated carbocycles. The van der Waals surface area contributed by atoms with Crippen LogP contribution in [0.1, 0.15) is 44.3 Å². The molecule has 21 heavy (non-hydrogen) atoms. The molecule has 0 radical (unpaired) electrons. The maximum Gasteiger partial charge on any atom is 0.324 e. The summed E-state index contributed by atoms with van der Waals surface area (Å²) in [6.07, 6.45) is 7.78. The molecule has 1 aromatic heterocycles. The Labute approximate surface area is 129 Å². The first-order valence-corrected chi connectivity index (χ1v) is 8.97. The van der Waals surface area contributed by atoms with Crippen molar-refractivity contribution in [3.8, 4) is 0 Å². The highest BCUT2D eigenvalue weighted by molar-refractivity contribution is 7.98. The zero-order valence-electron chi connectivity index (χ0n) is 12.2. The van der Waals surface area contributed by atoms with Gasteiger partial charge in [0.05, 0.1) is 12.0 Å². The molecule has 2 N–H and O–H groups in total. The summed E-state index contributed by atoms with van der Waals surface area (Å²) in [4.78, 5) is 11.8. The number of aliphatic carboxylic acids is 1. The summed E-state index contributed by atoms with van der Waals surface area (Å²) in [5.41, 5.74) is -0.660. The molecule has 2 fully saturated rings. The number of carboxylic acid groups (broad SMARTS) is 1. The first kappa shape index (κ1) is 15.0. The van der Waals surface area contributed by atoms with Gasteiger partial charge in [-0.1, -0.05) is 6.42 Å². The fourth-order valence-electron chi connectivity index (χ4n) is 3.39.